The van der Waals surface area contributed by atoms with E-state index in [9.17, 15) is 4.39 Å². The van der Waals surface area contributed by atoms with Crippen LogP contribution < -0.4 is 9.64 Å². The van der Waals surface area contributed by atoms with Crippen molar-refractivity contribution in [1.82, 2.24) is 19.9 Å². The van der Waals surface area contributed by atoms with Crippen molar-refractivity contribution in [2.45, 2.75) is 69.0 Å². The number of ether oxygens (including phenoxy) is 1. The van der Waals surface area contributed by atoms with E-state index in [0.29, 0.717) is 35.8 Å². The van der Waals surface area contributed by atoms with Gasteiger partial charge in [-0.2, -0.15) is 9.97 Å². The van der Waals surface area contributed by atoms with E-state index in [-0.39, 0.29) is 28.7 Å². The molecule has 2 aromatic heterocycles. The second-order valence-corrected chi connectivity index (χ2v) is 12.6. The Labute approximate surface area is 227 Å². The highest BCUT2D eigenvalue weighted by Gasteiger charge is 2.45. The number of hydrogen-bond acceptors (Lipinski definition) is 6. The van der Waals surface area contributed by atoms with Gasteiger partial charge in [0.15, 0.2) is 5.82 Å². The predicted octanol–water partition coefficient (Wildman–Crippen LogP) is 5.90. The molecule has 2 aliphatic carbocycles. The molecule has 4 atom stereocenters. The van der Waals surface area contributed by atoms with Gasteiger partial charge in [0.1, 0.15) is 29.8 Å². The van der Waals surface area contributed by atoms with Crippen molar-refractivity contribution < 1.29 is 13.5 Å². The smallest absolute Gasteiger partial charge is 0.319 e. The van der Waals surface area contributed by atoms with Crippen molar-refractivity contribution in [2.24, 2.45) is 11.8 Å². The monoisotopic (exact) mass is 531 g/mol. The van der Waals surface area contributed by atoms with E-state index in [0.717, 1.165) is 50.4 Å². The first-order chi connectivity index (χ1) is 19.1. The molecule has 1 aromatic carbocycles. The summed E-state index contributed by atoms with van der Waals surface area (Å²) in [7, 11) is 0. The number of rotatable bonds is 6. The summed E-state index contributed by atoms with van der Waals surface area (Å²) in [5.41, 5.74) is 1.98. The maximum atomic E-state index is 16.4. The zero-order valence-corrected chi connectivity index (χ0v) is 22.3. The fourth-order valence-electron chi connectivity index (χ4n) is 8.08. The number of pyridine rings is 1. The summed E-state index contributed by atoms with van der Waals surface area (Å²) in [6.45, 7) is 4.61. The summed E-state index contributed by atoms with van der Waals surface area (Å²) < 4.78 is 36.8. The van der Waals surface area contributed by atoms with E-state index in [1.807, 2.05) is 24.3 Å². The van der Waals surface area contributed by atoms with Crippen LogP contribution in [0.15, 0.2) is 30.5 Å². The lowest BCUT2D eigenvalue weighted by Gasteiger charge is -2.34. The maximum absolute atomic E-state index is 16.4. The van der Waals surface area contributed by atoms with Crippen LogP contribution in [0, 0.1) is 17.7 Å². The molecule has 8 rings (SSSR count). The molecule has 2 saturated carbocycles. The molecule has 6 nitrogen and oxygen atoms in total. The Morgan fingerprint density at radius 3 is 2.49 bits per heavy atom. The van der Waals surface area contributed by atoms with Crippen molar-refractivity contribution in [3.63, 3.8) is 0 Å². The van der Waals surface area contributed by atoms with E-state index in [1.54, 1.807) is 6.20 Å². The van der Waals surface area contributed by atoms with Crippen molar-refractivity contribution in [1.29, 1.82) is 0 Å². The largest absolute Gasteiger partial charge is 0.461 e. The average molecular weight is 532 g/mol. The number of piperidine rings is 1. The number of halogens is 2. The van der Waals surface area contributed by atoms with Crippen LogP contribution in [0.2, 0.25) is 0 Å². The number of anilines is 1. The SMILES string of the molecule is Fc1c(-c2ccccc2[C@@H]2C[C@H]2F)ncc2c(N3CC4CCC(C4)C3)nc(OCC34CCCN3CCC4)nc12. The molecule has 0 radical (unpaired) electrons. The average Bonchev–Trinajstić information content (AvgIpc) is 3.22. The van der Waals surface area contributed by atoms with E-state index in [4.69, 9.17) is 9.72 Å². The van der Waals surface area contributed by atoms with Crippen molar-refractivity contribution in [3.05, 3.63) is 41.8 Å². The van der Waals surface area contributed by atoms with Crippen LogP contribution in [0.5, 0.6) is 6.01 Å². The predicted molar refractivity (Wildman–Crippen MR) is 146 cm³/mol. The fourth-order valence-corrected chi connectivity index (χ4v) is 8.08. The van der Waals surface area contributed by atoms with E-state index >= 15 is 4.39 Å². The van der Waals surface area contributed by atoms with E-state index in [1.165, 1.54) is 32.1 Å². The Kier molecular flexibility index (Phi) is 5.58. The fraction of sp³-hybridized carbons (Fsp3) is 0.581. The highest BCUT2D eigenvalue weighted by atomic mass is 19.1. The van der Waals surface area contributed by atoms with Gasteiger partial charge in [0.05, 0.1) is 10.9 Å². The van der Waals surface area contributed by atoms with Crippen LogP contribution in [0.4, 0.5) is 14.6 Å². The Morgan fingerprint density at radius 1 is 1.00 bits per heavy atom. The second-order valence-electron chi connectivity index (χ2n) is 12.6. The molecular weight excluding hydrogens is 496 g/mol. The van der Waals surface area contributed by atoms with E-state index < -0.39 is 12.0 Å². The van der Waals surface area contributed by atoms with Crippen LogP contribution in [0.3, 0.4) is 0 Å². The van der Waals surface area contributed by atoms with Gasteiger partial charge in [-0.1, -0.05) is 24.3 Å². The molecule has 3 saturated heterocycles. The molecule has 5 fully saturated rings. The molecule has 39 heavy (non-hydrogen) atoms. The Morgan fingerprint density at radius 2 is 1.74 bits per heavy atom. The van der Waals surface area contributed by atoms with Gasteiger partial charge >= 0.3 is 6.01 Å². The molecule has 5 aliphatic rings. The van der Waals surface area contributed by atoms with Gasteiger partial charge in [0.2, 0.25) is 0 Å². The highest BCUT2D eigenvalue weighted by molar-refractivity contribution is 5.92. The molecule has 0 amide bonds. The minimum atomic E-state index is -0.872. The lowest BCUT2D eigenvalue weighted by molar-refractivity contribution is 0.108. The van der Waals surface area contributed by atoms with Gasteiger partial charge in [0, 0.05) is 30.8 Å². The second kappa shape index (κ2) is 9.08. The number of nitrogens with zero attached hydrogens (tertiary/aromatic N) is 5. The molecule has 3 aliphatic heterocycles. The van der Waals surface area contributed by atoms with Crippen molar-refractivity contribution >= 4 is 16.7 Å². The first-order valence-electron chi connectivity index (χ1n) is 14.8. The minimum absolute atomic E-state index is 0.0524. The summed E-state index contributed by atoms with van der Waals surface area (Å²) in [4.78, 5) is 19.1. The van der Waals surface area contributed by atoms with Crippen LogP contribution in [-0.2, 0) is 0 Å². The third-order valence-electron chi connectivity index (χ3n) is 10.2. The van der Waals surface area contributed by atoms with Gasteiger partial charge in [-0.15, -0.1) is 0 Å². The maximum Gasteiger partial charge on any atom is 0.319 e. The Balaban J connectivity index is 1.22. The summed E-state index contributed by atoms with van der Waals surface area (Å²) in [6.07, 6.45) is 9.71. The first kappa shape index (κ1) is 24.0. The number of fused-ring (bicyclic) bond motifs is 4. The molecule has 8 heteroatoms. The number of hydrogen-bond donors (Lipinski definition) is 0. The van der Waals surface area contributed by atoms with Gasteiger partial charge < -0.3 is 9.64 Å². The third kappa shape index (κ3) is 4.00. The zero-order chi connectivity index (χ0) is 26.1. The lowest BCUT2D eigenvalue weighted by atomic mass is 9.95. The Bertz CT molecular complexity index is 1410. The first-order valence-corrected chi connectivity index (χ1v) is 14.8. The van der Waals surface area contributed by atoms with E-state index in [2.05, 4.69) is 19.8 Å². The van der Waals surface area contributed by atoms with Gasteiger partial charge in [-0.3, -0.25) is 9.88 Å². The van der Waals surface area contributed by atoms with Gasteiger partial charge in [-0.25, -0.2) is 8.78 Å². The molecule has 2 bridgehead atoms. The quantitative estimate of drug-likeness (QED) is 0.395. The van der Waals surface area contributed by atoms with Crippen LogP contribution >= 0.6 is 0 Å². The Hall–Kier alpha value is -2.87. The molecule has 5 heterocycles. The third-order valence-corrected chi connectivity index (χ3v) is 10.2. The number of aromatic nitrogens is 3. The summed E-state index contributed by atoms with van der Waals surface area (Å²) in [5, 5.41) is 0.624. The van der Waals surface area contributed by atoms with Crippen LogP contribution in [-0.4, -0.2) is 64.3 Å². The van der Waals surface area contributed by atoms with Crippen LogP contribution in [0.1, 0.15) is 62.8 Å². The van der Waals surface area contributed by atoms with Gasteiger partial charge in [-0.05, 0) is 81.9 Å². The molecule has 3 aromatic rings. The summed E-state index contributed by atoms with van der Waals surface area (Å²) >= 11 is 0. The minimum Gasteiger partial charge on any atom is -0.461 e. The molecule has 204 valence electrons. The van der Waals surface area contributed by atoms with Gasteiger partial charge in [0.25, 0.3) is 0 Å². The molecule has 2 unspecified atom stereocenters. The summed E-state index contributed by atoms with van der Waals surface area (Å²) in [5.74, 6) is 1.36. The van der Waals surface area contributed by atoms with Crippen molar-refractivity contribution in [3.8, 4) is 17.3 Å². The van der Waals surface area contributed by atoms with Crippen LogP contribution in [0.25, 0.3) is 22.2 Å². The zero-order valence-electron chi connectivity index (χ0n) is 22.3. The molecule has 0 spiro atoms. The highest BCUT2D eigenvalue weighted by Crippen LogP contribution is 2.48. The van der Waals surface area contributed by atoms with Crippen molar-refractivity contribution in [2.75, 3.05) is 37.7 Å². The molecule has 0 N–H and O–H groups in total. The molecular formula is C31H35F2N5O. The topological polar surface area (TPSA) is 54.4 Å². The lowest BCUT2D eigenvalue weighted by Crippen LogP contribution is -2.43. The normalized spacial score (nSPS) is 29.2. The summed E-state index contributed by atoms with van der Waals surface area (Å²) in [6, 6.07) is 7.72. The number of alkyl halides is 1. The number of benzene rings is 1. The standard InChI is InChI=1S/C31H35F2N5O/c32-25-14-23(25)21-5-1-2-6-22(21)27-26(33)28-24(15-34-27)29(37-16-19-7-8-20(13-19)17-37)36-30(35-28)39-18-31-9-3-11-38(31)12-4-10-31/h1-2,5-6,15,19-20,23,25H,3-4,7-14,16-18H2/t19?,20?,23-,25+/m0/s1.